The quantitative estimate of drug-likeness (QED) is 0.916. The van der Waals surface area contributed by atoms with E-state index < -0.39 is 0 Å². The number of pyridine rings is 1. The van der Waals surface area contributed by atoms with E-state index in [1.165, 1.54) is 0 Å². The zero-order valence-electron chi connectivity index (χ0n) is 9.03. The number of hydrogen-bond donors (Lipinski definition) is 1. The maximum atomic E-state index is 9.74. The van der Waals surface area contributed by atoms with Crippen LogP contribution in [0.15, 0.2) is 36.7 Å². The van der Waals surface area contributed by atoms with Crippen molar-refractivity contribution in [3.8, 4) is 5.75 Å². The Morgan fingerprint density at radius 3 is 2.41 bits per heavy atom. The van der Waals surface area contributed by atoms with E-state index in [0.29, 0.717) is 22.0 Å². The lowest BCUT2D eigenvalue weighted by Gasteiger charge is -2.08. The molecule has 0 saturated heterocycles. The van der Waals surface area contributed by atoms with Crippen molar-refractivity contribution in [3.05, 3.63) is 57.8 Å². The van der Waals surface area contributed by atoms with E-state index >= 15 is 0 Å². The van der Waals surface area contributed by atoms with Crippen LogP contribution in [0.4, 0.5) is 0 Å². The molecule has 1 aromatic heterocycles. The monoisotopic (exact) mass is 267 g/mol. The van der Waals surface area contributed by atoms with E-state index in [2.05, 4.69) is 4.98 Å². The van der Waals surface area contributed by atoms with Crippen molar-refractivity contribution in [1.82, 2.24) is 4.98 Å². The van der Waals surface area contributed by atoms with E-state index in [9.17, 15) is 5.11 Å². The molecule has 1 aromatic carbocycles. The number of phenolic OH excluding ortho intramolecular Hbond substituents is 1. The van der Waals surface area contributed by atoms with Crippen LogP contribution < -0.4 is 0 Å². The normalized spacial score (nSPS) is 10.5. The third-order valence-corrected chi connectivity index (χ3v) is 3.43. The van der Waals surface area contributed by atoms with Crippen LogP contribution in [-0.2, 0) is 12.8 Å². The summed E-state index contributed by atoms with van der Waals surface area (Å²) in [5.74, 6) is 0.188. The highest BCUT2D eigenvalue weighted by atomic mass is 35.5. The Hall–Kier alpha value is -1.25. The summed E-state index contributed by atoms with van der Waals surface area (Å²) in [6.07, 6.45) is 4.93. The summed E-state index contributed by atoms with van der Waals surface area (Å²) >= 11 is 12.0. The highest BCUT2D eigenvalue weighted by Crippen LogP contribution is 2.33. The second kappa shape index (κ2) is 5.39. The molecular weight excluding hydrogens is 257 g/mol. The zero-order valence-corrected chi connectivity index (χ0v) is 10.5. The second-order valence-electron chi connectivity index (χ2n) is 3.71. The van der Waals surface area contributed by atoms with Gasteiger partial charge in [0.05, 0.1) is 10.0 Å². The Bertz CT molecular complexity index is 514. The predicted molar refractivity (Wildman–Crippen MR) is 69.8 cm³/mol. The molecule has 0 aliphatic rings. The number of aromatic nitrogens is 1. The van der Waals surface area contributed by atoms with Gasteiger partial charge >= 0.3 is 0 Å². The second-order valence-corrected chi connectivity index (χ2v) is 4.50. The predicted octanol–water partition coefficient (Wildman–Crippen LogP) is 3.88. The van der Waals surface area contributed by atoms with Crippen molar-refractivity contribution in [2.75, 3.05) is 0 Å². The van der Waals surface area contributed by atoms with Crippen LogP contribution in [-0.4, -0.2) is 10.1 Å². The Morgan fingerprint density at radius 2 is 1.71 bits per heavy atom. The summed E-state index contributed by atoms with van der Waals surface area (Å²) in [5.41, 5.74) is 1.84. The van der Waals surface area contributed by atoms with Crippen molar-refractivity contribution in [3.63, 3.8) is 0 Å². The summed E-state index contributed by atoms with van der Waals surface area (Å²) in [6, 6.07) is 7.04. The van der Waals surface area contributed by atoms with Crippen LogP contribution >= 0.6 is 23.2 Å². The molecule has 4 heteroatoms. The number of halogens is 2. The van der Waals surface area contributed by atoms with Gasteiger partial charge in [0.2, 0.25) is 0 Å². The summed E-state index contributed by atoms with van der Waals surface area (Å²) in [4.78, 5) is 3.95. The Kier molecular flexibility index (Phi) is 3.87. The van der Waals surface area contributed by atoms with Crippen molar-refractivity contribution in [2.24, 2.45) is 0 Å². The molecule has 2 rings (SSSR count). The van der Waals surface area contributed by atoms with Crippen LogP contribution in [0.1, 0.15) is 11.1 Å². The van der Waals surface area contributed by atoms with Gasteiger partial charge in [0.1, 0.15) is 5.75 Å². The minimum absolute atomic E-state index is 0.188. The Balaban J connectivity index is 2.17. The van der Waals surface area contributed by atoms with Crippen molar-refractivity contribution < 1.29 is 5.11 Å². The minimum atomic E-state index is 0.188. The first-order valence-corrected chi connectivity index (χ1v) is 5.99. The maximum Gasteiger partial charge on any atom is 0.120 e. The third-order valence-electron chi connectivity index (χ3n) is 2.58. The van der Waals surface area contributed by atoms with Crippen LogP contribution in [0.25, 0.3) is 0 Å². The van der Waals surface area contributed by atoms with E-state index in [4.69, 9.17) is 23.2 Å². The largest absolute Gasteiger partial charge is 0.508 e. The highest BCUT2D eigenvalue weighted by Gasteiger charge is 2.10. The number of phenols is 1. The number of aryl methyl sites for hydroxylation is 1. The lowest BCUT2D eigenvalue weighted by atomic mass is 10.0. The fraction of sp³-hybridized carbons (Fsp3) is 0.154. The van der Waals surface area contributed by atoms with Crippen molar-refractivity contribution in [2.45, 2.75) is 12.8 Å². The molecule has 0 aliphatic carbocycles. The fourth-order valence-electron chi connectivity index (χ4n) is 1.64. The van der Waals surface area contributed by atoms with E-state index in [-0.39, 0.29) is 5.75 Å². The van der Waals surface area contributed by atoms with Crippen LogP contribution in [0, 0.1) is 0 Å². The molecule has 0 radical (unpaired) electrons. The molecule has 0 unspecified atom stereocenters. The molecule has 88 valence electrons. The minimum Gasteiger partial charge on any atom is -0.508 e. The van der Waals surface area contributed by atoms with Gasteiger partial charge in [0.15, 0.2) is 0 Å². The van der Waals surface area contributed by atoms with Gasteiger partial charge in [-0.2, -0.15) is 0 Å². The SMILES string of the molecule is Oc1ccc(Cl)c(Cl)c1CCc1ccncc1. The van der Waals surface area contributed by atoms with Crippen LogP contribution in [0.2, 0.25) is 10.0 Å². The Labute approximate surface area is 110 Å². The molecule has 0 fully saturated rings. The van der Waals surface area contributed by atoms with Gasteiger partial charge in [-0.3, -0.25) is 4.98 Å². The molecule has 0 atom stereocenters. The van der Waals surface area contributed by atoms with Gasteiger partial charge < -0.3 is 5.11 Å². The topological polar surface area (TPSA) is 33.1 Å². The smallest absolute Gasteiger partial charge is 0.120 e. The van der Waals surface area contributed by atoms with Gasteiger partial charge in [-0.1, -0.05) is 23.2 Å². The van der Waals surface area contributed by atoms with Crippen molar-refractivity contribution >= 4 is 23.2 Å². The maximum absolute atomic E-state index is 9.74. The van der Waals surface area contributed by atoms with Gasteiger partial charge in [-0.25, -0.2) is 0 Å². The fourth-order valence-corrected chi connectivity index (χ4v) is 2.07. The molecular formula is C13H11Cl2NO. The molecule has 0 amide bonds. The number of aromatic hydroxyl groups is 1. The first-order valence-electron chi connectivity index (χ1n) is 5.23. The van der Waals surface area contributed by atoms with E-state index in [0.717, 1.165) is 12.0 Å². The average molecular weight is 268 g/mol. The number of hydrogen-bond acceptors (Lipinski definition) is 2. The van der Waals surface area contributed by atoms with E-state index in [1.54, 1.807) is 24.5 Å². The van der Waals surface area contributed by atoms with Gasteiger partial charge in [-0.05, 0) is 42.7 Å². The molecule has 0 saturated carbocycles. The van der Waals surface area contributed by atoms with Crippen molar-refractivity contribution in [1.29, 1.82) is 0 Å². The Morgan fingerprint density at radius 1 is 1.00 bits per heavy atom. The summed E-state index contributed by atoms with van der Waals surface area (Å²) < 4.78 is 0. The molecule has 1 heterocycles. The first-order chi connectivity index (χ1) is 8.18. The lowest BCUT2D eigenvalue weighted by molar-refractivity contribution is 0.468. The number of nitrogens with zero attached hydrogens (tertiary/aromatic N) is 1. The molecule has 2 nitrogen and oxygen atoms in total. The summed E-state index contributed by atoms with van der Waals surface area (Å²) in [7, 11) is 0. The highest BCUT2D eigenvalue weighted by molar-refractivity contribution is 6.42. The first kappa shape index (κ1) is 12.2. The molecule has 0 bridgehead atoms. The van der Waals surface area contributed by atoms with Gasteiger partial charge in [0, 0.05) is 18.0 Å². The van der Waals surface area contributed by atoms with Crippen LogP contribution in [0.5, 0.6) is 5.75 Å². The molecule has 0 spiro atoms. The average Bonchev–Trinajstić information content (AvgIpc) is 2.35. The molecule has 2 aromatic rings. The molecule has 0 aliphatic heterocycles. The summed E-state index contributed by atoms with van der Waals surface area (Å²) in [5, 5.41) is 10.6. The third kappa shape index (κ3) is 2.90. The standard InChI is InChI=1S/C13H11Cl2NO/c14-11-3-4-12(17)10(13(11)15)2-1-9-5-7-16-8-6-9/h3-8,17H,1-2H2. The van der Waals surface area contributed by atoms with E-state index in [1.807, 2.05) is 12.1 Å². The lowest BCUT2D eigenvalue weighted by Crippen LogP contribution is -1.93. The van der Waals surface area contributed by atoms with Gasteiger partial charge in [0.25, 0.3) is 0 Å². The molecule has 1 N–H and O–H groups in total. The molecule has 17 heavy (non-hydrogen) atoms. The van der Waals surface area contributed by atoms with Gasteiger partial charge in [-0.15, -0.1) is 0 Å². The zero-order chi connectivity index (χ0) is 12.3. The number of benzene rings is 1. The number of rotatable bonds is 3. The van der Waals surface area contributed by atoms with Crippen LogP contribution in [0.3, 0.4) is 0 Å². The summed E-state index contributed by atoms with van der Waals surface area (Å²) in [6.45, 7) is 0.